The van der Waals surface area contributed by atoms with Gasteiger partial charge in [-0.25, -0.2) is 9.97 Å². The lowest BCUT2D eigenvalue weighted by Crippen LogP contribution is -1.92. The molecule has 0 aliphatic carbocycles. The fourth-order valence-electron chi connectivity index (χ4n) is 2.00. The molecular weight excluding hydrogens is 256 g/mol. The van der Waals surface area contributed by atoms with Crippen molar-refractivity contribution in [1.29, 1.82) is 5.26 Å². The highest BCUT2D eigenvalue weighted by molar-refractivity contribution is 7.98. The summed E-state index contributed by atoms with van der Waals surface area (Å²) in [7, 11) is 0. The highest BCUT2D eigenvalue weighted by Gasteiger charge is 2.14. The summed E-state index contributed by atoms with van der Waals surface area (Å²) in [6.45, 7) is 0. The van der Waals surface area contributed by atoms with Gasteiger partial charge >= 0.3 is 0 Å². The monoisotopic (exact) mass is 266 g/mol. The lowest BCUT2D eigenvalue weighted by atomic mass is 10.1. The topological polar surface area (TPSA) is 65.4 Å². The van der Waals surface area contributed by atoms with Gasteiger partial charge in [-0.15, -0.1) is 0 Å². The summed E-state index contributed by atoms with van der Waals surface area (Å²) < 4.78 is 0. The molecule has 0 unspecified atom stereocenters. The Balaban J connectivity index is 2.38. The van der Waals surface area contributed by atoms with Gasteiger partial charge in [0.15, 0.2) is 5.16 Å². The molecule has 1 aromatic carbocycles. The average Bonchev–Trinajstić information content (AvgIpc) is 2.90. The summed E-state index contributed by atoms with van der Waals surface area (Å²) >= 11 is 1.48. The van der Waals surface area contributed by atoms with Crippen molar-refractivity contribution >= 4 is 22.8 Å². The van der Waals surface area contributed by atoms with Crippen molar-refractivity contribution in [2.24, 2.45) is 0 Å². The molecular formula is C14H10N4S. The molecule has 2 heterocycles. The first-order chi connectivity index (χ1) is 9.33. The lowest BCUT2D eigenvalue weighted by molar-refractivity contribution is 1.00. The third kappa shape index (κ3) is 1.96. The first-order valence-electron chi connectivity index (χ1n) is 5.72. The minimum absolute atomic E-state index is 0.571. The van der Waals surface area contributed by atoms with E-state index in [1.807, 2.05) is 36.6 Å². The van der Waals surface area contributed by atoms with Crippen LogP contribution in [0.4, 0.5) is 0 Å². The van der Waals surface area contributed by atoms with Gasteiger partial charge in [0.25, 0.3) is 0 Å². The second kappa shape index (κ2) is 4.75. The van der Waals surface area contributed by atoms with Crippen LogP contribution in [-0.2, 0) is 0 Å². The third-order valence-electron chi connectivity index (χ3n) is 2.86. The van der Waals surface area contributed by atoms with Gasteiger partial charge in [0.2, 0.25) is 0 Å². The Morgan fingerprint density at radius 1 is 1.21 bits per heavy atom. The van der Waals surface area contributed by atoms with E-state index in [4.69, 9.17) is 0 Å². The Hall–Kier alpha value is -2.32. The first-order valence-corrected chi connectivity index (χ1v) is 6.94. The van der Waals surface area contributed by atoms with Gasteiger partial charge < -0.3 is 4.98 Å². The highest BCUT2D eigenvalue weighted by Crippen LogP contribution is 2.29. The molecule has 0 saturated heterocycles. The molecule has 1 N–H and O–H groups in total. The van der Waals surface area contributed by atoms with Crippen molar-refractivity contribution < 1.29 is 0 Å². The summed E-state index contributed by atoms with van der Waals surface area (Å²) in [5.74, 6) is 0. The number of nitriles is 1. The lowest BCUT2D eigenvalue weighted by Gasteiger charge is -2.05. The second-order valence-electron chi connectivity index (χ2n) is 3.96. The standard InChI is InChI=1S/C14H10N4S/c1-19-14-17-12(9-5-3-2-4-6-9)11-10(7-15)8-16-13(11)18-14/h2-6,8H,1H3,(H,16,17,18). The van der Waals surface area contributed by atoms with Crippen LogP contribution < -0.4 is 0 Å². The molecule has 5 heteroatoms. The van der Waals surface area contributed by atoms with E-state index in [1.165, 1.54) is 11.8 Å². The maximum atomic E-state index is 9.19. The Bertz CT molecular complexity index is 771. The SMILES string of the molecule is CSc1nc(-c2ccccc2)c2c(C#N)c[nH]c2n1. The molecule has 0 aliphatic heterocycles. The van der Waals surface area contributed by atoms with Crippen LogP contribution in [0.3, 0.4) is 0 Å². The van der Waals surface area contributed by atoms with Crippen molar-refractivity contribution in [3.8, 4) is 17.3 Å². The van der Waals surface area contributed by atoms with Crippen LogP contribution >= 0.6 is 11.8 Å². The van der Waals surface area contributed by atoms with Crippen LogP contribution in [0.5, 0.6) is 0 Å². The molecule has 0 fully saturated rings. The fourth-order valence-corrected chi connectivity index (χ4v) is 2.36. The second-order valence-corrected chi connectivity index (χ2v) is 4.74. The highest BCUT2D eigenvalue weighted by atomic mass is 32.2. The van der Waals surface area contributed by atoms with Gasteiger partial charge in [-0.1, -0.05) is 42.1 Å². The Morgan fingerprint density at radius 3 is 2.68 bits per heavy atom. The number of H-pyrrole nitrogens is 1. The zero-order valence-corrected chi connectivity index (χ0v) is 11.0. The number of rotatable bonds is 2. The number of fused-ring (bicyclic) bond motifs is 1. The maximum absolute atomic E-state index is 9.19. The molecule has 0 aliphatic rings. The maximum Gasteiger partial charge on any atom is 0.189 e. The van der Waals surface area contributed by atoms with Crippen molar-refractivity contribution in [3.63, 3.8) is 0 Å². The van der Waals surface area contributed by atoms with Crippen LogP contribution in [0.1, 0.15) is 5.56 Å². The van der Waals surface area contributed by atoms with Gasteiger partial charge in [-0.3, -0.25) is 0 Å². The van der Waals surface area contributed by atoms with E-state index in [0.29, 0.717) is 16.4 Å². The summed E-state index contributed by atoms with van der Waals surface area (Å²) in [6.07, 6.45) is 3.61. The van der Waals surface area contributed by atoms with Gasteiger partial charge in [0.1, 0.15) is 11.7 Å². The van der Waals surface area contributed by atoms with Crippen molar-refractivity contribution in [2.75, 3.05) is 6.26 Å². The molecule has 0 atom stereocenters. The van der Waals surface area contributed by atoms with E-state index in [1.54, 1.807) is 6.20 Å². The summed E-state index contributed by atoms with van der Waals surface area (Å²) in [4.78, 5) is 12.0. The average molecular weight is 266 g/mol. The predicted octanol–water partition coefficient (Wildman–Crippen LogP) is 3.22. The van der Waals surface area contributed by atoms with E-state index in [-0.39, 0.29) is 0 Å². The largest absolute Gasteiger partial charge is 0.345 e. The number of aromatic nitrogens is 3. The number of nitrogens with zero attached hydrogens (tertiary/aromatic N) is 3. The van der Waals surface area contributed by atoms with Crippen molar-refractivity contribution in [1.82, 2.24) is 15.0 Å². The number of nitrogens with one attached hydrogen (secondary N) is 1. The van der Waals surface area contributed by atoms with Crippen molar-refractivity contribution in [3.05, 3.63) is 42.1 Å². The molecule has 0 saturated carbocycles. The third-order valence-corrected chi connectivity index (χ3v) is 3.41. The molecule has 0 bridgehead atoms. The summed E-state index contributed by atoms with van der Waals surface area (Å²) in [5.41, 5.74) is 3.06. The van der Waals surface area contributed by atoms with Crippen LogP contribution in [0.2, 0.25) is 0 Å². The zero-order chi connectivity index (χ0) is 13.2. The van der Waals surface area contributed by atoms with E-state index >= 15 is 0 Å². The van der Waals surface area contributed by atoms with Crippen LogP contribution in [0, 0.1) is 11.3 Å². The number of aromatic amines is 1. The first kappa shape index (κ1) is 11.8. The normalized spacial score (nSPS) is 10.5. The van der Waals surface area contributed by atoms with Gasteiger partial charge in [-0.05, 0) is 6.26 Å². The molecule has 0 radical (unpaired) electrons. The molecule has 3 aromatic rings. The van der Waals surface area contributed by atoms with E-state index < -0.39 is 0 Å². The van der Waals surface area contributed by atoms with E-state index in [9.17, 15) is 5.26 Å². The zero-order valence-electron chi connectivity index (χ0n) is 10.2. The minimum Gasteiger partial charge on any atom is -0.345 e. The van der Waals surface area contributed by atoms with Crippen LogP contribution in [0.25, 0.3) is 22.3 Å². The Kier molecular flexibility index (Phi) is 2.94. The Labute approximate surface area is 114 Å². The Morgan fingerprint density at radius 2 is 2.00 bits per heavy atom. The molecule has 0 spiro atoms. The van der Waals surface area contributed by atoms with Crippen molar-refractivity contribution in [2.45, 2.75) is 5.16 Å². The molecule has 19 heavy (non-hydrogen) atoms. The fraction of sp³-hybridized carbons (Fsp3) is 0.0714. The molecule has 3 rings (SSSR count). The summed E-state index contributed by atoms with van der Waals surface area (Å²) in [5, 5.41) is 10.7. The molecule has 4 nitrogen and oxygen atoms in total. The molecule has 2 aromatic heterocycles. The van der Waals surface area contributed by atoms with Gasteiger partial charge in [0.05, 0.1) is 16.6 Å². The number of benzene rings is 1. The van der Waals surface area contributed by atoms with Gasteiger partial charge in [0, 0.05) is 11.8 Å². The molecule has 0 amide bonds. The van der Waals surface area contributed by atoms with E-state index in [0.717, 1.165) is 16.6 Å². The van der Waals surface area contributed by atoms with Crippen LogP contribution in [-0.4, -0.2) is 21.2 Å². The van der Waals surface area contributed by atoms with E-state index in [2.05, 4.69) is 21.0 Å². The molecule has 92 valence electrons. The quantitative estimate of drug-likeness (QED) is 0.571. The summed E-state index contributed by atoms with van der Waals surface area (Å²) in [6, 6.07) is 12.0. The number of hydrogen-bond donors (Lipinski definition) is 1. The number of hydrogen-bond acceptors (Lipinski definition) is 4. The smallest absolute Gasteiger partial charge is 0.189 e. The van der Waals surface area contributed by atoms with Gasteiger partial charge in [-0.2, -0.15) is 5.26 Å². The number of thioether (sulfide) groups is 1. The minimum atomic E-state index is 0.571. The predicted molar refractivity (Wildman–Crippen MR) is 75.8 cm³/mol. The van der Waals surface area contributed by atoms with Crippen LogP contribution in [0.15, 0.2) is 41.7 Å².